The van der Waals surface area contributed by atoms with E-state index in [4.69, 9.17) is 4.74 Å². The first-order valence-electron chi connectivity index (χ1n) is 9.03. The van der Waals surface area contributed by atoms with Gasteiger partial charge >= 0.3 is 0 Å². The molecule has 0 amide bonds. The number of benzene rings is 2. The molecule has 0 radical (unpaired) electrons. The molecule has 1 aliphatic carbocycles. The number of ether oxygens (including phenoxy) is 1. The lowest BCUT2D eigenvalue weighted by molar-refractivity contribution is 0.312. The van der Waals surface area contributed by atoms with E-state index < -0.39 is 11.6 Å². The van der Waals surface area contributed by atoms with Gasteiger partial charge in [0.2, 0.25) is 5.82 Å². The molecule has 3 heteroatoms. The van der Waals surface area contributed by atoms with E-state index in [1.54, 1.807) is 19.1 Å². The second kappa shape index (κ2) is 7.81. The standard InChI is InChI=1S/C22H24F2O/c1-3-15-5-7-16(8-6-15)17-9-11-18(12-10-17)19-13-14-20(25-4-2)22(24)21(19)23/h5-9,13-14,18H,3-4,10-12H2,1-2H3. The van der Waals surface area contributed by atoms with Crippen LogP contribution < -0.4 is 4.74 Å². The van der Waals surface area contributed by atoms with Crippen molar-refractivity contribution in [2.45, 2.75) is 45.4 Å². The van der Waals surface area contributed by atoms with Gasteiger partial charge in [0.1, 0.15) is 0 Å². The summed E-state index contributed by atoms with van der Waals surface area (Å²) in [6.45, 7) is 4.22. The van der Waals surface area contributed by atoms with Crippen molar-refractivity contribution in [1.29, 1.82) is 0 Å². The third kappa shape index (κ3) is 3.76. The molecule has 0 saturated heterocycles. The van der Waals surface area contributed by atoms with Gasteiger partial charge in [0, 0.05) is 0 Å². The van der Waals surface area contributed by atoms with E-state index in [-0.39, 0.29) is 11.7 Å². The Morgan fingerprint density at radius 1 is 1.00 bits per heavy atom. The molecule has 2 aromatic rings. The first kappa shape index (κ1) is 17.7. The molecule has 1 aliphatic rings. The van der Waals surface area contributed by atoms with Crippen LogP contribution in [0.2, 0.25) is 0 Å². The highest BCUT2D eigenvalue weighted by molar-refractivity contribution is 5.66. The zero-order valence-electron chi connectivity index (χ0n) is 14.8. The van der Waals surface area contributed by atoms with E-state index in [1.165, 1.54) is 16.7 Å². The zero-order chi connectivity index (χ0) is 17.8. The van der Waals surface area contributed by atoms with Gasteiger partial charge in [-0.15, -0.1) is 0 Å². The van der Waals surface area contributed by atoms with Crippen LogP contribution in [0.3, 0.4) is 0 Å². The lowest BCUT2D eigenvalue weighted by atomic mass is 9.82. The van der Waals surface area contributed by atoms with E-state index in [0.29, 0.717) is 12.2 Å². The predicted octanol–water partition coefficient (Wildman–Crippen LogP) is 6.28. The minimum absolute atomic E-state index is 0.00759. The van der Waals surface area contributed by atoms with Crippen LogP contribution in [0.25, 0.3) is 5.57 Å². The Labute approximate surface area is 148 Å². The van der Waals surface area contributed by atoms with Gasteiger partial charge in [-0.2, -0.15) is 4.39 Å². The fourth-order valence-electron chi connectivity index (χ4n) is 3.46. The molecule has 0 aliphatic heterocycles. The van der Waals surface area contributed by atoms with Crippen molar-refractivity contribution in [2.24, 2.45) is 0 Å². The molecule has 0 fully saturated rings. The van der Waals surface area contributed by atoms with Crippen molar-refractivity contribution < 1.29 is 13.5 Å². The molecule has 1 unspecified atom stereocenters. The summed E-state index contributed by atoms with van der Waals surface area (Å²) in [6, 6.07) is 11.8. The summed E-state index contributed by atoms with van der Waals surface area (Å²) in [6.07, 6.45) is 5.64. The second-order valence-corrected chi connectivity index (χ2v) is 6.47. The molecule has 1 nitrogen and oxygen atoms in total. The Hall–Kier alpha value is -2.16. The number of allylic oxidation sites excluding steroid dienone is 2. The number of halogens is 2. The van der Waals surface area contributed by atoms with E-state index >= 15 is 0 Å². The Morgan fingerprint density at radius 2 is 1.76 bits per heavy atom. The lowest BCUT2D eigenvalue weighted by Gasteiger charge is -2.23. The molecule has 0 heterocycles. The molecule has 2 aromatic carbocycles. The van der Waals surface area contributed by atoms with Gasteiger partial charge < -0.3 is 4.74 Å². The fourth-order valence-corrected chi connectivity index (χ4v) is 3.46. The summed E-state index contributed by atoms with van der Waals surface area (Å²) in [5, 5.41) is 0. The highest BCUT2D eigenvalue weighted by Crippen LogP contribution is 2.38. The van der Waals surface area contributed by atoms with Crippen molar-refractivity contribution in [3.63, 3.8) is 0 Å². The van der Waals surface area contributed by atoms with Crippen LogP contribution >= 0.6 is 0 Å². The minimum Gasteiger partial charge on any atom is -0.491 e. The Balaban J connectivity index is 1.77. The minimum atomic E-state index is -0.871. The smallest absolute Gasteiger partial charge is 0.200 e. The van der Waals surface area contributed by atoms with E-state index in [0.717, 1.165) is 25.7 Å². The average Bonchev–Trinajstić information content (AvgIpc) is 2.66. The van der Waals surface area contributed by atoms with E-state index in [9.17, 15) is 8.78 Å². The van der Waals surface area contributed by atoms with Gasteiger partial charge in [-0.1, -0.05) is 43.3 Å². The first-order chi connectivity index (χ1) is 12.1. The Kier molecular flexibility index (Phi) is 5.52. The summed E-state index contributed by atoms with van der Waals surface area (Å²) in [5.41, 5.74) is 4.31. The molecule has 0 spiro atoms. The van der Waals surface area contributed by atoms with Crippen LogP contribution in [0.15, 0.2) is 42.5 Å². The van der Waals surface area contributed by atoms with Crippen molar-refractivity contribution >= 4 is 5.57 Å². The number of hydrogen-bond acceptors (Lipinski definition) is 1. The van der Waals surface area contributed by atoms with Gasteiger partial charge in [-0.3, -0.25) is 0 Å². The van der Waals surface area contributed by atoms with Crippen LogP contribution in [0.4, 0.5) is 8.78 Å². The van der Waals surface area contributed by atoms with Crippen LogP contribution in [0.1, 0.15) is 55.7 Å². The summed E-state index contributed by atoms with van der Waals surface area (Å²) < 4.78 is 33.6. The van der Waals surface area contributed by atoms with Crippen molar-refractivity contribution in [1.82, 2.24) is 0 Å². The van der Waals surface area contributed by atoms with Crippen molar-refractivity contribution in [3.05, 3.63) is 70.8 Å². The highest BCUT2D eigenvalue weighted by atomic mass is 19.2. The summed E-state index contributed by atoms with van der Waals surface area (Å²) in [4.78, 5) is 0. The second-order valence-electron chi connectivity index (χ2n) is 6.47. The summed E-state index contributed by atoms with van der Waals surface area (Å²) in [5.74, 6) is -1.62. The van der Waals surface area contributed by atoms with Gasteiger partial charge in [0.25, 0.3) is 0 Å². The van der Waals surface area contributed by atoms with Gasteiger partial charge in [0.05, 0.1) is 6.61 Å². The molecular weight excluding hydrogens is 318 g/mol. The van der Waals surface area contributed by atoms with Crippen LogP contribution in [-0.2, 0) is 6.42 Å². The number of rotatable bonds is 5. The van der Waals surface area contributed by atoms with Gasteiger partial charge in [-0.25, -0.2) is 4.39 Å². The largest absolute Gasteiger partial charge is 0.491 e. The van der Waals surface area contributed by atoms with Crippen LogP contribution in [0.5, 0.6) is 5.75 Å². The van der Waals surface area contributed by atoms with Crippen molar-refractivity contribution in [3.8, 4) is 5.75 Å². The van der Waals surface area contributed by atoms with Gasteiger partial charge in [0.15, 0.2) is 11.6 Å². The summed E-state index contributed by atoms with van der Waals surface area (Å²) >= 11 is 0. The molecule has 0 N–H and O–H groups in total. The maximum Gasteiger partial charge on any atom is 0.200 e. The first-order valence-corrected chi connectivity index (χ1v) is 9.03. The van der Waals surface area contributed by atoms with Crippen LogP contribution in [-0.4, -0.2) is 6.61 Å². The fraction of sp³-hybridized carbons (Fsp3) is 0.364. The SMILES string of the molecule is CCOc1ccc(C2CC=C(c3ccc(CC)cc3)CC2)c(F)c1F. The summed E-state index contributed by atoms with van der Waals surface area (Å²) in [7, 11) is 0. The Morgan fingerprint density at radius 3 is 2.36 bits per heavy atom. The molecule has 1 atom stereocenters. The molecule has 3 rings (SSSR count). The Bertz CT molecular complexity index is 762. The third-order valence-electron chi connectivity index (χ3n) is 4.96. The topological polar surface area (TPSA) is 9.23 Å². The van der Waals surface area contributed by atoms with E-state index in [1.807, 2.05) is 0 Å². The monoisotopic (exact) mass is 342 g/mol. The van der Waals surface area contributed by atoms with Crippen molar-refractivity contribution in [2.75, 3.05) is 6.61 Å². The zero-order valence-corrected chi connectivity index (χ0v) is 14.8. The molecule has 132 valence electrons. The lowest BCUT2D eigenvalue weighted by Crippen LogP contribution is -2.08. The third-order valence-corrected chi connectivity index (χ3v) is 4.96. The molecule has 0 bridgehead atoms. The quantitative estimate of drug-likeness (QED) is 0.621. The predicted molar refractivity (Wildman–Crippen MR) is 97.9 cm³/mol. The molecule has 0 aromatic heterocycles. The van der Waals surface area contributed by atoms with E-state index in [2.05, 4.69) is 37.3 Å². The average molecular weight is 342 g/mol. The highest BCUT2D eigenvalue weighted by Gasteiger charge is 2.23. The molecule has 25 heavy (non-hydrogen) atoms. The molecule has 0 saturated carbocycles. The van der Waals surface area contributed by atoms with Gasteiger partial charge in [-0.05, 0) is 66.9 Å². The van der Waals surface area contributed by atoms with Crippen LogP contribution in [0, 0.1) is 11.6 Å². The maximum atomic E-state index is 14.4. The molecular formula is C22H24F2O. The number of hydrogen-bond donors (Lipinski definition) is 0. The normalized spacial score (nSPS) is 17.3. The number of aryl methyl sites for hydroxylation is 1. The maximum absolute atomic E-state index is 14.4.